The standard InChI is InChI=1S/C12H12F3NO4/c13-12(14,15)20-10-7-8(17)1-2-9(10)11(18)16-3-5-19-6-4-16/h1-2,7,17H,3-6H2. The van der Waals surface area contributed by atoms with Crippen molar-refractivity contribution in [1.82, 2.24) is 4.90 Å². The fourth-order valence-corrected chi connectivity index (χ4v) is 1.83. The van der Waals surface area contributed by atoms with Gasteiger partial charge in [-0.2, -0.15) is 0 Å². The Labute approximate surface area is 112 Å². The second kappa shape index (κ2) is 5.58. The van der Waals surface area contributed by atoms with Crippen molar-refractivity contribution in [1.29, 1.82) is 0 Å². The van der Waals surface area contributed by atoms with Crippen LogP contribution in [-0.2, 0) is 4.74 Å². The van der Waals surface area contributed by atoms with Gasteiger partial charge in [-0.25, -0.2) is 0 Å². The van der Waals surface area contributed by atoms with Gasteiger partial charge in [0.1, 0.15) is 11.5 Å². The summed E-state index contributed by atoms with van der Waals surface area (Å²) >= 11 is 0. The Bertz CT molecular complexity index is 498. The maximum Gasteiger partial charge on any atom is 0.573 e. The molecule has 8 heteroatoms. The topological polar surface area (TPSA) is 59.0 Å². The second-order valence-electron chi connectivity index (χ2n) is 4.13. The lowest BCUT2D eigenvalue weighted by atomic mass is 10.1. The molecule has 0 radical (unpaired) electrons. The van der Waals surface area contributed by atoms with Crippen LogP contribution >= 0.6 is 0 Å². The van der Waals surface area contributed by atoms with Crippen LogP contribution in [0, 0.1) is 0 Å². The average molecular weight is 291 g/mol. The summed E-state index contributed by atoms with van der Waals surface area (Å²) in [6.45, 7) is 1.26. The number of hydrogen-bond donors (Lipinski definition) is 1. The minimum atomic E-state index is -4.94. The first-order valence-electron chi connectivity index (χ1n) is 5.82. The van der Waals surface area contributed by atoms with E-state index in [0.29, 0.717) is 26.3 Å². The minimum Gasteiger partial charge on any atom is -0.508 e. The van der Waals surface area contributed by atoms with Crippen LogP contribution in [0.4, 0.5) is 13.2 Å². The Morgan fingerprint density at radius 2 is 1.95 bits per heavy atom. The number of phenolic OH excluding ortho intramolecular Hbond substituents is 1. The van der Waals surface area contributed by atoms with Crippen molar-refractivity contribution in [2.75, 3.05) is 26.3 Å². The Hall–Kier alpha value is -1.96. The van der Waals surface area contributed by atoms with Crippen molar-refractivity contribution in [3.8, 4) is 11.5 Å². The van der Waals surface area contributed by atoms with Crippen LogP contribution in [0.1, 0.15) is 10.4 Å². The summed E-state index contributed by atoms with van der Waals surface area (Å²) in [6, 6.07) is 3.01. The molecule has 1 heterocycles. The van der Waals surface area contributed by atoms with E-state index < -0.39 is 23.8 Å². The molecule has 1 aliphatic rings. The summed E-state index contributed by atoms with van der Waals surface area (Å²) in [5.74, 6) is -1.72. The third kappa shape index (κ3) is 3.53. The molecule has 1 aromatic rings. The molecule has 0 saturated carbocycles. The third-order valence-corrected chi connectivity index (χ3v) is 2.72. The number of halogens is 3. The van der Waals surface area contributed by atoms with Gasteiger partial charge in [0.15, 0.2) is 0 Å². The second-order valence-corrected chi connectivity index (χ2v) is 4.13. The van der Waals surface area contributed by atoms with Gasteiger partial charge in [-0.05, 0) is 12.1 Å². The first kappa shape index (κ1) is 14.4. The van der Waals surface area contributed by atoms with Gasteiger partial charge in [-0.1, -0.05) is 0 Å². The molecule has 0 aliphatic carbocycles. The molecule has 20 heavy (non-hydrogen) atoms. The number of amides is 1. The number of aromatic hydroxyl groups is 1. The fourth-order valence-electron chi connectivity index (χ4n) is 1.83. The summed E-state index contributed by atoms with van der Waals surface area (Å²) in [5.41, 5.74) is -0.248. The van der Waals surface area contributed by atoms with Crippen LogP contribution in [0.25, 0.3) is 0 Å². The molecule has 1 aliphatic heterocycles. The molecule has 110 valence electrons. The maximum atomic E-state index is 12.3. The molecular formula is C12H12F3NO4. The molecule has 2 rings (SSSR count). The lowest BCUT2D eigenvalue weighted by Crippen LogP contribution is -2.41. The smallest absolute Gasteiger partial charge is 0.508 e. The SMILES string of the molecule is O=C(c1ccc(O)cc1OC(F)(F)F)N1CCOCC1. The predicted octanol–water partition coefficient (Wildman–Crippen LogP) is 1.76. The minimum absolute atomic E-state index is 0.248. The molecule has 0 atom stereocenters. The Morgan fingerprint density at radius 1 is 1.30 bits per heavy atom. The van der Waals surface area contributed by atoms with E-state index in [4.69, 9.17) is 4.74 Å². The molecule has 0 aromatic heterocycles. The van der Waals surface area contributed by atoms with E-state index in [2.05, 4.69) is 4.74 Å². The average Bonchev–Trinajstić information content (AvgIpc) is 2.37. The number of nitrogens with zero attached hydrogens (tertiary/aromatic N) is 1. The normalized spacial score (nSPS) is 16.1. The van der Waals surface area contributed by atoms with E-state index in [0.717, 1.165) is 18.2 Å². The highest BCUT2D eigenvalue weighted by Crippen LogP contribution is 2.30. The van der Waals surface area contributed by atoms with Crippen LogP contribution in [0.5, 0.6) is 11.5 Å². The van der Waals surface area contributed by atoms with E-state index in [9.17, 15) is 23.1 Å². The number of carbonyl (C=O) groups excluding carboxylic acids is 1. The zero-order chi connectivity index (χ0) is 14.8. The molecule has 1 saturated heterocycles. The quantitative estimate of drug-likeness (QED) is 0.902. The number of alkyl halides is 3. The van der Waals surface area contributed by atoms with Gasteiger partial charge < -0.3 is 19.5 Å². The van der Waals surface area contributed by atoms with Gasteiger partial charge in [-0.15, -0.1) is 13.2 Å². The summed E-state index contributed by atoms with van der Waals surface area (Å²) in [6.07, 6.45) is -4.94. The number of benzene rings is 1. The van der Waals surface area contributed by atoms with Crippen molar-refractivity contribution < 1.29 is 32.5 Å². The van der Waals surface area contributed by atoms with E-state index in [1.807, 2.05) is 0 Å². The zero-order valence-electron chi connectivity index (χ0n) is 10.3. The molecule has 5 nitrogen and oxygen atoms in total. The highest BCUT2D eigenvalue weighted by molar-refractivity contribution is 5.97. The summed E-state index contributed by atoms with van der Waals surface area (Å²) in [4.78, 5) is 13.5. The first-order chi connectivity index (χ1) is 9.37. The van der Waals surface area contributed by atoms with Gasteiger partial charge >= 0.3 is 6.36 Å². The molecule has 0 bridgehead atoms. The number of phenols is 1. The Kier molecular flexibility index (Phi) is 4.03. The van der Waals surface area contributed by atoms with Gasteiger partial charge in [0, 0.05) is 19.2 Å². The lowest BCUT2D eigenvalue weighted by Gasteiger charge is -2.27. The summed E-state index contributed by atoms with van der Waals surface area (Å²) < 4.78 is 45.8. The number of rotatable bonds is 2. The van der Waals surface area contributed by atoms with Gasteiger partial charge in [0.25, 0.3) is 5.91 Å². The predicted molar refractivity (Wildman–Crippen MR) is 61.5 cm³/mol. The van der Waals surface area contributed by atoms with Gasteiger partial charge in [-0.3, -0.25) is 4.79 Å². The van der Waals surface area contributed by atoms with Crippen LogP contribution in [0.3, 0.4) is 0 Å². The molecule has 1 amide bonds. The molecule has 0 unspecified atom stereocenters. The van der Waals surface area contributed by atoms with Crippen molar-refractivity contribution in [3.05, 3.63) is 23.8 Å². The van der Waals surface area contributed by atoms with Crippen molar-refractivity contribution >= 4 is 5.91 Å². The maximum absolute atomic E-state index is 12.3. The number of hydrogen-bond acceptors (Lipinski definition) is 4. The van der Waals surface area contributed by atoms with Crippen molar-refractivity contribution in [2.45, 2.75) is 6.36 Å². The number of ether oxygens (including phenoxy) is 2. The van der Waals surface area contributed by atoms with Crippen LogP contribution in [0.15, 0.2) is 18.2 Å². The molecule has 1 fully saturated rings. The monoisotopic (exact) mass is 291 g/mol. The molecule has 0 spiro atoms. The fraction of sp³-hybridized carbons (Fsp3) is 0.417. The van der Waals surface area contributed by atoms with Crippen molar-refractivity contribution in [3.63, 3.8) is 0 Å². The largest absolute Gasteiger partial charge is 0.573 e. The lowest BCUT2D eigenvalue weighted by molar-refractivity contribution is -0.274. The van der Waals surface area contributed by atoms with Crippen molar-refractivity contribution in [2.24, 2.45) is 0 Å². The van der Waals surface area contributed by atoms with Crippen LogP contribution in [0.2, 0.25) is 0 Å². The molecule has 1 aromatic carbocycles. The first-order valence-corrected chi connectivity index (χ1v) is 5.82. The molecule has 1 N–H and O–H groups in total. The Morgan fingerprint density at radius 3 is 2.55 bits per heavy atom. The molecular weight excluding hydrogens is 279 g/mol. The van der Waals surface area contributed by atoms with E-state index in [1.54, 1.807) is 0 Å². The summed E-state index contributed by atoms with van der Waals surface area (Å²) in [5, 5.41) is 9.23. The van der Waals surface area contributed by atoms with E-state index >= 15 is 0 Å². The summed E-state index contributed by atoms with van der Waals surface area (Å²) in [7, 11) is 0. The van der Waals surface area contributed by atoms with Crippen LogP contribution in [-0.4, -0.2) is 48.6 Å². The van der Waals surface area contributed by atoms with Gasteiger partial charge in [0.05, 0.1) is 18.8 Å². The number of carbonyl (C=O) groups is 1. The number of morpholine rings is 1. The van der Waals surface area contributed by atoms with E-state index in [-0.39, 0.29) is 5.56 Å². The highest BCUT2D eigenvalue weighted by Gasteiger charge is 2.34. The van der Waals surface area contributed by atoms with E-state index in [1.165, 1.54) is 4.90 Å². The zero-order valence-corrected chi connectivity index (χ0v) is 10.3. The Balaban J connectivity index is 2.27. The highest BCUT2D eigenvalue weighted by atomic mass is 19.4. The van der Waals surface area contributed by atoms with Gasteiger partial charge in [0.2, 0.25) is 0 Å². The third-order valence-electron chi connectivity index (χ3n) is 2.72. The van der Waals surface area contributed by atoms with Crippen LogP contribution < -0.4 is 4.74 Å².